The van der Waals surface area contributed by atoms with Crippen LogP contribution in [0.4, 0.5) is 17.1 Å². The molecule has 1 aliphatic heterocycles. The first-order valence-corrected chi connectivity index (χ1v) is 7.92. The molecule has 1 unspecified atom stereocenters. The number of nitrogens with one attached hydrogen (secondary N) is 1. The number of thiocarbonyl (C=S) groups is 1. The lowest BCUT2D eigenvalue weighted by Crippen LogP contribution is -2.43. The number of benzene rings is 2. The number of carbonyl (C=O) groups excluding carboxylic acids is 1. The summed E-state index contributed by atoms with van der Waals surface area (Å²) in [5.74, 6) is -0.364. The predicted octanol–water partition coefficient (Wildman–Crippen LogP) is 3.42. The molecule has 0 saturated heterocycles. The molecule has 25 heavy (non-hydrogen) atoms. The number of hydrogen-bond acceptors (Lipinski definition) is 5. The van der Waals surface area contributed by atoms with Gasteiger partial charge < -0.3 is 15.0 Å². The number of esters is 1. The number of nitrogens with zero attached hydrogens (tertiary/aromatic N) is 2. The van der Waals surface area contributed by atoms with Crippen LogP contribution in [-0.2, 0) is 9.53 Å². The van der Waals surface area contributed by atoms with Gasteiger partial charge in [-0.3, -0.25) is 14.9 Å². The summed E-state index contributed by atoms with van der Waals surface area (Å²) in [7, 11) is 1.34. The van der Waals surface area contributed by atoms with Gasteiger partial charge in [0.2, 0.25) is 0 Å². The van der Waals surface area contributed by atoms with E-state index in [1.165, 1.54) is 19.2 Å². The molecule has 0 amide bonds. The zero-order chi connectivity index (χ0) is 18.0. The molecule has 2 aromatic carbocycles. The Morgan fingerprint density at radius 3 is 2.60 bits per heavy atom. The number of non-ortho nitro benzene ring substituents is 1. The monoisotopic (exact) mass is 357 g/mol. The van der Waals surface area contributed by atoms with Crippen LogP contribution in [-0.4, -0.2) is 23.1 Å². The number of anilines is 2. The molecular weight excluding hydrogens is 342 g/mol. The van der Waals surface area contributed by atoms with Crippen LogP contribution in [0.25, 0.3) is 0 Å². The van der Waals surface area contributed by atoms with Crippen molar-refractivity contribution in [2.45, 2.75) is 12.5 Å². The van der Waals surface area contributed by atoms with Crippen LogP contribution in [0.1, 0.15) is 18.0 Å². The summed E-state index contributed by atoms with van der Waals surface area (Å²) in [6.07, 6.45) is 0.103. The SMILES string of the molecule is COC(=O)CC1c2ccccc2NC(=S)N1c1ccc([N+](=O)[O-])cc1. The zero-order valence-electron chi connectivity index (χ0n) is 13.3. The lowest BCUT2D eigenvalue weighted by Gasteiger charge is -2.39. The van der Waals surface area contributed by atoms with E-state index in [0.717, 1.165) is 11.3 Å². The highest BCUT2D eigenvalue weighted by Gasteiger charge is 2.33. The second-order valence-corrected chi connectivity index (χ2v) is 5.84. The minimum atomic E-state index is -0.461. The molecule has 1 aliphatic rings. The van der Waals surface area contributed by atoms with E-state index in [1.54, 1.807) is 17.0 Å². The summed E-state index contributed by atoms with van der Waals surface area (Å²) in [5.41, 5.74) is 2.38. The fourth-order valence-electron chi connectivity index (χ4n) is 2.83. The molecule has 1 atom stereocenters. The number of carbonyl (C=O) groups is 1. The topological polar surface area (TPSA) is 84.7 Å². The second-order valence-electron chi connectivity index (χ2n) is 5.46. The van der Waals surface area contributed by atoms with Crippen molar-refractivity contribution >= 4 is 40.4 Å². The maximum absolute atomic E-state index is 11.9. The fraction of sp³-hybridized carbons (Fsp3) is 0.176. The summed E-state index contributed by atoms with van der Waals surface area (Å²) in [5, 5.41) is 14.4. The van der Waals surface area contributed by atoms with Gasteiger partial charge in [0.15, 0.2) is 5.11 Å². The first-order valence-electron chi connectivity index (χ1n) is 7.51. The largest absolute Gasteiger partial charge is 0.469 e. The average Bonchev–Trinajstić information content (AvgIpc) is 2.61. The summed E-state index contributed by atoms with van der Waals surface area (Å²) < 4.78 is 4.82. The van der Waals surface area contributed by atoms with Gasteiger partial charge in [-0.2, -0.15) is 0 Å². The maximum Gasteiger partial charge on any atom is 0.307 e. The van der Waals surface area contributed by atoms with Gasteiger partial charge in [0, 0.05) is 23.5 Å². The minimum Gasteiger partial charge on any atom is -0.469 e. The number of para-hydroxylation sites is 1. The smallest absolute Gasteiger partial charge is 0.307 e. The molecule has 0 aliphatic carbocycles. The molecule has 3 rings (SSSR count). The van der Waals surface area contributed by atoms with E-state index >= 15 is 0 Å². The third-order valence-electron chi connectivity index (χ3n) is 4.02. The van der Waals surface area contributed by atoms with Crippen molar-refractivity contribution < 1.29 is 14.5 Å². The van der Waals surface area contributed by atoms with Crippen molar-refractivity contribution in [2.75, 3.05) is 17.3 Å². The van der Waals surface area contributed by atoms with Crippen LogP contribution in [0.15, 0.2) is 48.5 Å². The van der Waals surface area contributed by atoms with E-state index in [9.17, 15) is 14.9 Å². The van der Waals surface area contributed by atoms with E-state index in [-0.39, 0.29) is 24.1 Å². The Kier molecular flexibility index (Phi) is 4.62. The van der Waals surface area contributed by atoms with Crippen molar-refractivity contribution in [1.29, 1.82) is 0 Å². The van der Waals surface area contributed by atoms with E-state index in [1.807, 2.05) is 24.3 Å². The van der Waals surface area contributed by atoms with Crippen molar-refractivity contribution in [2.24, 2.45) is 0 Å². The standard InChI is InChI=1S/C17H15N3O4S/c1-24-16(21)10-15-13-4-2-3-5-14(13)18-17(25)19(15)11-6-8-12(9-7-11)20(22)23/h2-9,15H,10H2,1H3,(H,18,25). The molecule has 2 aromatic rings. The molecule has 1 heterocycles. The number of nitro groups is 1. The van der Waals surface area contributed by atoms with Crippen LogP contribution in [0.3, 0.4) is 0 Å². The second kappa shape index (κ2) is 6.86. The van der Waals surface area contributed by atoms with Crippen LogP contribution in [0, 0.1) is 10.1 Å². The first kappa shape index (κ1) is 16.8. The Balaban J connectivity index is 2.04. The van der Waals surface area contributed by atoms with E-state index in [0.29, 0.717) is 10.8 Å². The molecule has 0 bridgehead atoms. The van der Waals surface area contributed by atoms with Crippen molar-refractivity contribution in [3.8, 4) is 0 Å². The summed E-state index contributed by atoms with van der Waals surface area (Å²) in [6, 6.07) is 13.3. The molecular formula is C17H15N3O4S. The van der Waals surface area contributed by atoms with Crippen LogP contribution < -0.4 is 10.2 Å². The van der Waals surface area contributed by atoms with Gasteiger partial charge in [0.25, 0.3) is 5.69 Å². The van der Waals surface area contributed by atoms with Crippen LogP contribution >= 0.6 is 12.2 Å². The number of methoxy groups -OCH3 is 1. The molecule has 7 nitrogen and oxygen atoms in total. The molecule has 0 radical (unpaired) electrons. The van der Waals surface area contributed by atoms with Crippen LogP contribution in [0.5, 0.6) is 0 Å². The Labute approximate surface area is 149 Å². The highest BCUT2D eigenvalue weighted by atomic mass is 32.1. The average molecular weight is 357 g/mol. The van der Waals surface area contributed by atoms with E-state index in [2.05, 4.69) is 5.32 Å². The fourth-order valence-corrected chi connectivity index (χ4v) is 3.17. The Morgan fingerprint density at radius 2 is 1.96 bits per heavy atom. The maximum atomic E-state index is 11.9. The molecule has 0 saturated carbocycles. The number of nitro benzene ring substituents is 1. The Hall–Kier alpha value is -3.00. The van der Waals surface area contributed by atoms with Crippen molar-refractivity contribution in [3.63, 3.8) is 0 Å². The third-order valence-corrected chi connectivity index (χ3v) is 4.32. The molecule has 0 spiro atoms. The van der Waals surface area contributed by atoms with Gasteiger partial charge >= 0.3 is 5.97 Å². The van der Waals surface area contributed by atoms with Crippen molar-refractivity contribution in [1.82, 2.24) is 0 Å². The number of ether oxygens (including phenoxy) is 1. The third kappa shape index (κ3) is 3.29. The highest BCUT2D eigenvalue weighted by molar-refractivity contribution is 7.80. The number of fused-ring (bicyclic) bond motifs is 1. The van der Waals surface area contributed by atoms with Gasteiger partial charge in [-0.05, 0) is 36.0 Å². The van der Waals surface area contributed by atoms with E-state index in [4.69, 9.17) is 17.0 Å². The molecule has 128 valence electrons. The lowest BCUT2D eigenvalue weighted by atomic mass is 9.97. The van der Waals surface area contributed by atoms with Crippen molar-refractivity contribution in [3.05, 3.63) is 64.2 Å². The number of rotatable bonds is 4. The normalized spacial score (nSPS) is 16.0. The van der Waals surface area contributed by atoms with Gasteiger partial charge in [-0.25, -0.2) is 0 Å². The molecule has 0 fully saturated rings. The summed E-state index contributed by atoms with van der Waals surface area (Å²) in [6.45, 7) is 0. The predicted molar refractivity (Wildman–Crippen MR) is 97.6 cm³/mol. The Morgan fingerprint density at radius 1 is 1.28 bits per heavy atom. The van der Waals surface area contributed by atoms with Crippen LogP contribution in [0.2, 0.25) is 0 Å². The lowest BCUT2D eigenvalue weighted by molar-refractivity contribution is -0.384. The minimum absolute atomic E-state index is 0.00967. The van der Waals surface area contributed by atoms with Gasteiger partial charge in [0.1, 0.15) is 0 Å². The molecule has 0 aromatic heterocycles. The molecule has 8 heteroatoms. The summed E-state index contributed by atoms with van der Waals surface area (Å²) >= 11 is 5.46. The Bertz CT molecular complexity index is 838. The quantitative estimate of drug-likeness (QED) is 0.388. The zero-order valence-corrected chi connectivity index (χ0v) is 14.2. The van der Waals surface area contributed by atoms with Gasteiger partial charge in [-0.1, -0.05) is 18.2 Å². The molecule has 1 N–H and O–H groups in total. The van der Waals surface area contributed by atoms with Gasteiger partial charge in [-0.15, -0.1) is 0 Å². The van der Waals surface area contributed by atoms with Gasteiger partial charge in [0.05, 0.1) is 24.5 Å². The highest BCUT2D eigenvalue weighted by Crippen LogP contribution is 2.38. The summed E-state index contributed by atoms with van der Waals surface area (Å²) in [4.78, 5) is 24.1. The van der Waals surface area contributed by atoms with E-state index < -0.39 is 4.92 Å². The first-order chi connectivity index (χ1) is 12.0. The number of hydrogen-bond donors (Lipinski definition) is 1.